The molecule has 1 aromatic carbocycles. The Kier molecular flexibility index (Phi) is 1.62. The van der Waals surface area contributed by atoms with Crippen molar-refractivity contribution in [3.63, 3.8) is 0 Å². The molecule has 2 nitrogen and oxygen atoms in total. The molecule has 0 saturated heterocycles. The maximum atomic E-state index is 9.47. The molecule has 1 aliphatic heterocycles. The van der Waals surface area contributed by atoms with Gasteiger partial charge in [-0.2, -0.15) is 0 Å². The van der Waals surface area contributed by atoms with Gasteiger partial charge < -0.3 is 9.84 Å². The van der Waals surface area contributed by atoms with E-state index in [4.69, 9.17) is 4.74 Å². The molecule has 1 aromatic rings. The maximum Gasteiger partial charge on any atom is 0.224 e. The average molecular weight is 162 g/mol. The Morgan fingerprint density at radius 3 is 2.92 bits per heavy atom. The van der Waals surface area contributed by atoms with Crippen molar-refractivity contribution in [1.82, 2.24) is 0 Å². The van der Waals surface area contributed by atoms with E-state index in [1.54, 1.807) is 0 Å². The molecule has 0 aromatic heterocycles. The van der Waals surface area contributed by atoms with E-state index >= 15 is 0 Å². The van der Waals surface area contributed by atoms with E-state index in [-0.39, 0.29) is 0 Å². The summed E-state index contributed by atoms with van der Waals surface area (Å²) in [6, 6.07) is 7.66. The van der Waals surface area contributed by atoms with Crippen molar-refractivity contribution in [2.45, 2.75) is 13.2 Å². The second-order valence-corrected chi connectivity index (χ2v) is 2.85. The molecule has 0 saturated carbocycles. The van der Waals surface area contributed by atoms with Gasteiger partial charge in [0, 0.05) is 5.56 Å². The molecule has 0 bridgehead atoms. The summed E-state index contributed by atoms with van der Waals surface area (Å²) in [5, 5.41) is 9.47. The van der Waals surface area contributed by atoms with Gasteiger partial charge in [-0.25, -0.2) is 0 Å². The lowest BCUT2D eigenvalue weighted by molar-refractivity contribution is -0.0689. The number of hydrogen-bond acceptors (Lipinski definition) is 2. The molecule has 1 heterocycles. The monoisotopic (exact) mass is 162 g/mol. The highest BCUT2D eigenvalue weighted by molar-refractivity contribution is 5.57. The van der Waals surface area contributed by atoms with E-state index in [1.165, 1.54) is 0 Å². The molecule has 0 radical (unpaired) electrons. The molecule has 1 N–H and O–H groups in total. The topological polar surface area (TPSA) is 29.5 Å². The molecule has 1 atom stereocenters. The van der Waals surface area contributed by atoms with Crippen molar-refractivity contribution in [1.29, 1.82) is 0 Å². The van der Waals surface area contributed by atoms with Gasteiger partial charge in [0.25, 0.3) is 0 Å². The standard InChI is InChI=1S/C10H10O2/c1-7-6-8-4-2-3-5-9(8)10(11)12-7/h2-6,10-11H,1H3. The third-order valence-electron chi connectivity index (χ3n) is 1.92. The van der Waals surface area contributed by atoms with Crippen LogP contribution in [0.2, 0.25) is 0 Å². The minimum absolute atomic E-state index is 0.751. The van der Waals surface area contributed by atoms with Crippen LogP contribution in [0.25, 0.3) is 6.08 Å². The van der Waals surface area contributed by atoms with Crippen LogP contribution in [0.1, 0.15) is 24.3 Å². The first kappa shape index (κ1) is 7.37. The van der Waals surface area contributed by atoms with E-state index in [0.29, 0.717) is 0 Å². The minimum atomic E-state index is -0.800. The maximum absolute atomic E-state index is 9.47. The Labute approximate surface area is 71.1 Å². The molecule has 62 valence electrons. The quantitative estimate of drug-likeness (QED) is 0.632. The van der Waals surface area contributed by atoms with Crippen LogP contribution in [0, 0.1) is 0 Å². The number of ether oxygens (including phenoxy) is 1. The Morgan fingerprint density at radius 1 is 1.33 bits per heavy atom. The molecule has 0 aliphatic carbocycles. The highest BCUT2D eigenvalue weighted by atomic mass is 16.6. The number of aliphatic hydroxyl groups is 1. The highest BCUT2D eigenvalue weighted by Gasteiger charge is 2.16. The number of aliphatic hydroxyl groups excluding tert-OH is 1. The lowest BCUT2D eigenvalue weighted by Gasteiger charge is -2.20. The molecular weight excluding hydrogens is 152 g/mol. The number of hydrogen-bond donors (Lipinski definition) is 1. The molecule has 2 heteroatoms. The second kappa shape index (κ2) is 2.64. The first-order valence-electron chi connectivity index (χ1n) is 3.89. The zero-order chi connectivity index (χ0) is 8.55. The molecule has 0 spiro atoms. The molecule has 0 fully saturated rings. The van der Waals surface area contributed by atoms with E-state index in [9.17, 15) is 5.11 Å². The molecule has 0 amide bonds. The summed E-state index contributed by atoms with van der Waals surface area (Å²) < 4.78 is 5.13. The van der Waals surface area contributed by atoms with Crippen molar-refractivity contribution < 1.29 is 9.84 Å². The van der Waals surface area contributed by atoms with Gasteiger partial charge in [-0.3, -0.25) is 0 Å². The molecule has 1 unspecified atom stereocenters. The van der Waals surface area contributed by atoms with E-state index < -0.39 is 6.29 Å². The van der Waals surface area contributed by atoms with Crippen molar-refractivity contribution in [3.8, 4) is 0 Å². The van der Waals surface area contributed by atoms with Crippen LogP contribution in [0.15, 0.2) is 30.0 Å². The molecule has 1 aliphatic rings. The van der Waals surface area contributed by atoms with Gasteiger partial charge in [0.15, 0.2) is 0 Å². The van der Waals surface area contributed by atoms with Crippen molar-refractivity contribution >= 4 is 6.08 Å². The van der Waals surface area contributed by atoms with Gasteiger partial charge in [-0.05, 0) is 18.6 Å². The van der Waals surface area contributed by atoms with E-state index in [0.717, 1.165) is 16.9 Å². The van der Waals surface area contributed by atoms with Gasteiger partial charge in [0.05, 0.1) is 5.76 Å². The number of benzene rings is 1. The van der Waals surface area contributed by atoms with Crippen LogP contribution >= 0.6 is 0 Å². The molecular formula is C10H10O2. The van der Waals surface area contributed by atoms with Crippen LogP contribution in [0.4, 0.5) is 0 Å². The fourth-order valence-electron chi connectivity index (χ4n) is 1.36. The average Bonchev–Trinajstić information content (AvgIpc) is 2.04. The summed E-state index contributed by atoms with van der Waals surface area (Å²) >= 11 is 0. The second-order valence-electron chi connectivity index (χ2n) is 2.85. The van der Waals surface area contributed by atoms with Crippen LogP contribution in [-0.2, 0) is 4.74 Å². The van der Waals surface area contributed by atoms with Crippen molar-refractivity contribution in [3.05, 3.63) is 41.2 Å². The number of fused-ring (bicyclic) bond motifs is 1. The van der Waals surface area contributed by atoms with Gasteiger partial charge >= 0.3 is 0 Å². The first-order chi connectivity index (χ1) is 5.77. The first-order valence-corrected chi connectivity index (χ1v) is 3.89. The smallest absolute Gasteiger partial charge is 0.224 e. The summed E-state index contributed by atoms with van der Waals surface area (Å²) in [5.41, 5.74) is 1.87. The SMILES string of the molecule is CC1=Cc2ccccc2C(O)O1. The number of allylic oxidation sites excluding steroid dienone is 1. The van der Waals surface area contributed by atoms with Gasteiger partial charge in [0.2, 0.25) is 6.29 Å². The fourth-order valence-corrected chi connectivity index (χ4v) is 1.36. The van der Waals surface area contributed by atoms with Crippen LogP contribution in [0.3, 0.4) is 0 Å². The lowest BCUT2D eigenvalue weighted by atomic mass is 10.0. The van der Waals surface area contributed by atoms with Crippen LogP contribution < -0.4 is 0 Å². The Balaban J connectivity index is 2.55. The normalized spacial score (nSPS) is 20.8. The Bertz CT molecular complexity index is 328. The fraction of sp³-hybridized carbons (Fsp3) is 0.200. The van der Waals surface area contributed by atoms with Crippen LogP contribution in [0.5, 0.6) is 0 Å². The summed E-state index contributed by atoms with van der Waals surface area (Å²) in [5.74, 6) is 0.751. The van der Waals surface area contributed by atoms with Gasteiger partial charge in [-0.15, -0.1) is 0 Å². The summed E-state index contributed by atoms with van der Waals surface area (Å²) in [7, 11) is 0. The third kappa shape index (κ3) is 1.10. The van der Waals surface area contributed by atoms with Gasteiger partial charge in [-0.1, -0.05) is 24.3 Å². The van der Waals surface area contributed by atoms with Gasteiger partial charge in [0.1, 0.15) is 0 Å². The summed E-state index contributed by atoms with van der Waals surface area (Å²) in [6.45, 7) is 1.83. The van der Waals surface area contributed by atoms with Crippen molar-refractivity contribution in [2.75, 3.05) is 0 Å². The number of rotatable bonds is 0. The zero-order valence-corrected chi connectivity index (χ0v) is 6.82. The molecule has 2 rings (SSSR count). The third-order valence-corrected chi connectivity index (χ3v) is 1.92. The largest absolute Gasteiger partial charge is 0.465 e. The van der Waals surface area contributed by atoms with Crippen LogP contribution in [-0.4, -0.2) is 5.11 Å². The zero-order valence-electron chi connectivity index (χ0n) is 6.82. The lowest BCUT2D eigenvalue weighted by Crippen LogP contribution is -2.07. The Hall–Kier alpha value is -1.28. The van der Waals surface area contributed by atoms with E-state index in [1.807, 2.05) is 37.3 Å². The molecule has 12 heavy (non-hydrogen) atoms. The summed E-state index contributed by atoms with van der Waals surface area (Å²) in [6.07, 6.45) is 1.12. The Morgan fingerprint density at radius 2 is 2.08 bits per heavy atom. The minimum Gasteiger partial charge on any atom is -0.465 e. The predicted octanol–water partition coefficient (Wildman–Crippen LogP) is 2.07. The summed E-state index contributed by atoms with van der Waals surface area (Å²) in [4.78, 5) is 0. The highest BCUT2D eigenvalue weighted by Crippen LogP contribution is 2.28. The van der Waals surface area contributed by atoms with E-state index in [2.05, 4.69) is 0 Å². The predicted molar refractivity (Wildman–Crippen MR) is 46.1 cm³/mol. The van der Waals surface area contributed by atoms with Crippen molar-refractivity contribution in [2.24, 2.45) is 0 Å².